The molecule has 0 spiro atoms. The van der Waals surface area contributed by atoms with Crippen molar-refractivity contribution in [3.63, 3.8) is 0 Å². The molecule has 298 valence electrons. The summed E-state index contributed by atoms with van der Waals surface area (Å²) in [5, 5.41) is 40.0. The molecule has 3 aromatic carbocycles. The van der Waals surface area contributed by atoms with Crippen LogP contribution >= 0.6 is 0 Å². The first-order chi connectivity index (χ1) is 26.6. The molecular formula is C34H39N9O12S. The van der Waals surface area contributed by atoms with Gasteiger partial charge in [-0.05, 0) is 61.9 Å². The first-order valence-corrected chi connectivity index (χ1v) is 18.5. The van der Waals surface area contributed by atoms with E-state index in [2.05, 4.69) is 0 Å². The Bertz CT molecular complexity index is 2120. The molecule has 2 saturated heterocycles. The van der Waals surface area contributed by atoms with E-state index >= 15 is 0 Å². The zero-order valence-electron chi connectivity index (χ0n) is 30.5. The van der Waals surface area contributed by atoms with Crippen molar-refractivity contribution in [3.05, 3.63) is 115 Å². The Morgan fingerprint density at radius 3 is 1.98 bits per heavy atom. The van der Waals surface area contributed by atoms with Gasteiger partial charge in [-0.1, -0.05) is 57.8 Å². The highest BCUT2D eigenvalue weighted by Crippen LogP contribution is 2.30. The molecule has 22 heteroatoms. The van der Waals surface area contributed by atoms with E-state index in [0.29, 0.717) is 34.5 Å². The van der Waals surface area contributed by atoms with Crippen LogP contribution in [0, 0.1) is 37.3 Å². The van der Waals surface area contributed by atoms with Gasteiger partial charge in [-0.25, -0.2) is 40.1 Å². The molecule has 6 rings (SSSR count). The van der Waals surface area contributed by atoms with Gasteiger partial charge in [-0.2, -0.15) is 8.42 Å². The third-order valence-electron chi connectivity index (χ3n) is 9.14. The molecule has 1 amide bonds. The summed E-state index contributed by atoms with van der Waals surface area (Å²) < 4.78 is 37.4. The second-order valence-electron chi connectivity index (χ2n) is 12.8. The van der Waals surface area contributed by atoms with E-state index in [0.717, 1.165) is 39.2 Å². The van der Waals surface area contributed by atoms with Crippen LogP contribution in [0.5, 0.6) is 5.75 Å². The van der Waals surface area contributed by atoms with Crippen LogP contribution in [0.25, 0.3) is 22.2 Å². The number of aromatic nitrogens is 1. The third-order valence-corrected chi connectivity index (χ3v) is 10.5. The number of nitrogens with zero attached hydrogens (tertiary/aromatic N) is 9. The highest BCUT2D eigenvalue weighted by molar-refractivity contribution is 7.86. The number of anilines is 1. The molecule has 2 unspecified atom stereocenters. The van der Waals surface area contributed by atoms with Crippen LogP contribution in [0.3, 0.4) is 0 Å². The molecular weight excluding hydrogens is 758 g/mol. The van der Waals surface area contributed by atoms with Crippen molar-refractivity contribution in [2.75, 3.05) is 51.7 Å². The molecule has 1 aromatic heterocycles. The lowest BCUT2D eigenvalue weighted by Gasteiger charge is -2.44. The van der Waals surface area contributed by atoms with E-state index in [-0.39, 0.29) is 11.4 Å². The van der Waals surface area contributed by atoms with Gasteiger partial charge in [0.25, 0.3) is 10.1 Å². The number of aryl methyl sites for hydroxylation is 1. The van der Waals surface area contributed by atoms with Gasteiger partial charge in [0.05, 0.1) is 35.4 Å². The Morgan fingerprint density at radius 1 is 0.875 bits per heavy atom. The average molecular weight is 798 g/mol. The summed E-state index contributed by atoms with van der Waals surface area (Å²) in [5.41, 5.74) is 4.39. The molecule has 2 aliphatic rings. The summed E-state index contributed by atoms with van der Waals surface area (Å²) in [7, 11) is -2.42. The van der Waals surface area contributed by atoms with Gasteiger partial charge in [0.15, 0.2) is 15.1 Å². The van der Waals surface area contributed by atoms with E-state index < -0.39 is 63.5 Å². The van der Waals surface area contributed by atoms with Crippen LogP contribution in [0.4, 0.5) is 10.5 Å². The summed E-state index contributed by atoms with van der Waals surface area (Å²) >= 11 is 0. The average Bonchev–Trinajstić information content (AvgIpc) is 3.19. The smallest absolute Gasteiger partial charge is 0.407 e. The van der Waals surface area contributed by atoms with E-state index in [1.807, 2.05) is 73.3 Å². The SMILES string of the molecule is CCC(OS(=O)(=O)c1ccc(C)cc1)C1CN(C(=O)O)CCN1c1ccc(-c2ccc3cc(OC)ccc3n2)cc1.O=[N+]([O-])N1CN([N+](=O)[O-])CN([N+](=O)[O-])C1. The van der Waals surface area contributed by atoms with Crippen molar-refractivity contribution in [1.29, 1.82) is 0 Å². The Kier molecular flexibility index (Phi) is 12.5. The fraction of sp³-hybridized carbons (Fsp3) is 0.353. The monoisotopic (exact) mass is 797 g/mol. The van der Waals surface area contributed by atoms with Crippen molar-refractivity contribution in [2.24, 2.45) is 0 Å². The quantitative estimate of drug-likeness (QED) is 0.128. The second kappa shape index (κ2) is 17.3. The predicted molar refractivity (Wildman–Crippen MR) is 199 cm³/mol. The molecule has 0 aliphatic carbocycles. The predicted octanol–water partition coefficient (Wildman–Crippen LogP) is 3.93. The van der Waals surface area contributed by atoms with Crippen molar-refractivity contribution in [3.8, 4) is 17.0 Å². The number of pyridine rings is 1. The first-order valence-electron chi connectivity index (χ1n) is 17.1. The van der Waals surface area contributed by atoms with Crippen LogP contribution in [-0.2, 0) is 14.3 Å². The Hall–Kier alpha value is -6.55. The van der Waals surface area contributed by atoms with E-state index in [1.54, 1.807) is 19.2 Å². The standard InChI is InChI=1S/C31H33N3O6S.C3H6N6O6/c1-4-30(40-41(37,38)26-13-5-21(2)6-14-26)29-20-33(31(35)36)17-18-34(29)24-10-7-22(8-11-24)27-15-9-23-19-25(39-3)12-16-28(23)32-27;10-7(11)4-1-5(8(12)13)3-6(2-4)9(14)15/h5-16,19,29-30H,4,17-18,20H2,1-3H3,(H,35,36);1-3H2. The number of piperazine rings is 1. The van der Waals surface area contributed by atoms with Crippen molar-refractivity contribution in [2.45, 2.75) is 37.3 Å². The number of hydrogen-bond donors (Lipinski definition) is 1. The molecule has 4 aromatic rings. The number of carbonyl (C=O) groups is 1. The summed E-state index contributed by atoms with van der Waals surface area (Å²) in [6, 6.07) is 23.6. The summed E-state index contributed by atoms with van der Waals surface area (Å²) in [5.74, 6) is 0.773. The summed E-state index contributed by atoms with van der Waals surface area (Å²) in [4.78, 5) is 51.1. The van der Waals surface area contributed by atoms with Gasteiger partial charge in [-0.15, -0.1) is 0 Å². The molecule has 1 N–H and O–H groups in total. The normalized spacial score (nSPS) is 16.5. The lowest BCUT2D eigenvalue weighted by atomic mass is 10.0. The fourth-order valence-corrected chi connectivity index (χ4v) is 7.34. The highest BCUT2D eigenvalue weighted by Gasteiger charge is 2.40. The van der Waals surface area contributed by atoms with Crippen LogP contribution in [0.1, 0.15) is 18.9 Å². The topological polar surface area (TPSA) is 248 Å². The molecule has 0 saturated carbocycles. The molecule has 21 nitrogen and oxygen atoms in total. The number of hydrazine groups is 3. The first kappa shape index (κ1) is 40.6. The van der Waals surface area contributed by atoms with Crippen LogP contribution in [0.2, 0.25) is 0 Å². The molecule has 3 heterocycles. The van der Waals surface area contributed by atoms with Crippen molar-refractivity contribution in [1.82, 2.24) is 24.9 Å². The second-order valence-corrected chi connectivity index (χ2v) is 14.3. The van der Waals surface area contributed by atoms with Gasteiger partial charge >= 0.3 is 6.09 Å². The lowest BCUT2D eigenvalue weighted by Crippen LogP contribution is -2.59. The largest absolute Gasteiger partial charge is 0.497 e. The zero-order valence-corrected chi connectivity index (χ0v) is 31.3. The van der Waals surface area contributed by atoms with E-state index in [9.17, 15) is 48.7 Å². The zero-order chi connectivity index (χ0) is 40.7. The minimum Gasteiger partial charge on any atom is -0.497 e. The Morgan fingerprint density at radius 2 is 1.46 bits per heavy atom. The number of methoxy groups -OCH3 is 1. The van der Waals surface area contributed by atoms with Gasteiger partial charge in [0.2, 0.25) is 20.0 Å². The molecule has 2 aliphatic heterocycles. The minimum absolute atomic E-state index is 0.0738. The number of ether oxygens (including phenoxy) is 1. The number of nitro groups is 3. The number of hydrogen-bond acceptors (Lipinski definition) is 13. The van der Waals surface area contributed by atoms with Gasteiger partial charge in [-0.3, -0.25) is 4.18 Å². The Balaban J connectivity index is 0.000000337. The number of benzene rings is 3. The van der Waals surface area contributed by atoms with Crippen LogP contribution in [-0.4, -0.2) is 119 Å². The molecule has 0 radical (unpaired) electrons. The maximum atomic E-state index is 13.2. The minimum atomic E-state index is -4.06. The van der Waals surface area contributed by atoms with E-state index in [1.165, 1.54) is 17.0 Å². The number of carboxylic acid groups (broad SMARTS) is 1. The van der Waals surface area contributed by atoms with E-state index in [4.69, 9.17) is 13.9 Å². The molecule has 2 atom stereocenters. The summed E-state index contributed by atoms with van der Waals surface area (Å²) in [6.45, 7) is 2.76. The molecule has 56 heavy (non-hydrogen) atoms. The summed E-state index contributed by atoms with van der Waals surface area (Å²) in [6.07, 6.45) is -1.42. The number of rotatable bonds is 11. The van der Waals surface area contributed by atoms with Gasteiger partial charge < -0.3 is 19.6 Å². The molecule has 0 bridgehead atoms. The van der Waals surface area contributed by atoms with Crippen LogP contribution in [0.15, 0.2) is 83.8 Å². The van der Waals surface area contributed by atoms with Gasteiger partial charge in [0, 0.05) is 36.3 Å². The third kappa shape index (κ3) is 9.57. The van der Waals surface area contributed by atoms with Crippen molar-refractivity contribution < 1.29 is 42.3 Å². The highest BCUT2D eigenvalue weighted by atomic mass is 32.2. The fourth-order valence-electron chi connectivity index (χ4n) is 6.17. The van der Waals surface area contributed by atoms with Gasteiger partial charge in [0.1, 0.15) is 5.75 Å². The maximum Gasteiger partial charge on any atom is 0.407 e. The molecule has 2 fully saturated rings. The van der Waals surface area contributed by atoms with Crippen LogP contribution < -0.4 is 9.64 Å². The maximum absolute atomic E-state index is 13.2. The number of fused-ring (bicyclic) bond motifs is 1. The Labute approximate surface area is 320 Å². The lowest BCUT2D eigenvalue weighted by molar-refractivity contribution is -0.775. The van der Waals surface area contributed by atoms with Crippen molar-refractivity contribution >= 4 is 32.8 Å². The number of amides is 1.